The Bertz CT molecular complexity index is 1470. The van der Waals surface area contributed by atoms with Gasteiger partial charge < -0.3 is 14.5 Å². The minimum Gasteiger partial charge on any atom is -0.379 e. The molecule has 1 fully saturated rings. The SMILES string of the molecule is C=CC(=O)N1CCN(c2nc(=O)n3c4c(c(-c5ccc(F)cc5F)c(C)cc24)SC[C@H](OC)C3)[C@@H](C)C1. The number of benzene rings is 2. The predicted molar refractivity (Wildman–Crippen MR) is 141 cm³/mol. The maximum atomic E-state index is 15.0. The van der Waals surface area contributed by atoms with Crippen LogP contribution in [0.15, 0.2) is 46.6 Å². The van der Waals surface area contributed by atoms with Crippen molar-refractivity contribution in [2.24, 2.45) is 0 Å². The molecule has 0 saturated carbocycles. The van der Waals surface area contributed by atoms with Gasteiger partial charge >= 0.3 is 5.69 Å². The second-order valence-electron chi connectivity index (χ2n) is 9.45. The number of halogens is 2. The number of thioether (sulfide) groups is 1. The van der Waals surface area contributed by atoms with E-state index in [4.69, 9.17) is 4.74 Å². The minimum absolute atomic E-state index is 0.0916. The Balaban J connectivity index is 1.75. The summed E-state index contributed by atoms with van der Waals surface area (Å²) in [6.45, 7) is 9.22. The maximum absolute atomic E-state index is 15.0. The van der Waals surface area contributed by atoms with E-state index in [0.717, 1.165) is 21.9 Å². The molecule has 2 aromatic carbocycles. The molecule has 2 aliphatic rings. The zero-order chi connectivity index (χ0) is 26.4. The highest BCUT2D eigenvalue weighted by molar-refractivity contribution is 7.99. The Labute approximate surface area is 217 Å². The van der Waals surface area contributed by atoms with Crippen LogP contribution in [0.2, 0.25) is 0 Å². The van der Waals surface area contributed by atoms with E-state index in [0.29, 0.717) is 48.8 Å². The highest BCUT2D eigenvalue weighted by atomic mass is 32.2. The van der Waals surface area contributed by atoms with Crippen LogP contribution in [-0.4, -0.2) is 65.0 Å². The summed E-state index contributed by atoms with van der Waals surface area (Å²) in [6, 6.07) is 5.40. The summed E-state index contributed by atoms with van der Waals surface area (Å²) in [5.74, 6) is -0.339. The average Bonchev–Trinajstić information content (AvgIpc) is 3.07. The molecule has 194 valence electrons. The Hall–Kier alpha value is -3.24. The third-order valence-electron chi connectivity index (χ3n) is 7.12. The normalized spacial score (nSPS) is 19.7. The first-order valence-electron chi connectivity index (χ1n) is 12.1. The number of nitrogens with zero attached hydrogens (tertiary/aromatic N) is 4. The zero-order valence-corrected chi connectivity index (χ0v) is 21.8. The maximum Gasteiger partial charge on any atom is 0.350 e. The molecule has 2 aliphatic heterocycles. The lowest BCUT2D eigenvalue weighted by atomic mass is 9.97. The van der Waals surface area contributed by atoms with Crippen molar-refractivity contribution in [1.29, 1.82) is 0 Å². The van der Waals surface area contributed by atoms with Crippen molar-refractivity contribution in [2.45, 2.75) is 37.4 Å². The van der Waals surface area contributed by atoms with Gasteiger partial charge in [-0.15, -0.1) is 11.8 Å². The molecule has 0 radical (unpaired) electrons. The van der Waals surface area contributed by atoms with Crippen LogP contribution in [0.1, 0.15) is 12.5 Å². The van der Waals surface area contributed by atoms with Gasteiger partial charge in [0.1, 0.15) is 17.5 Å². The number of hydrogen-bond donors (Lipinski definition) is 0. The van der Waals surface area contributed by atoms with E-state index >= 15 is 4.39 Å². The molecule has 10 heteroatoms. The summed E-state index contributed by atoms with van der Waals surface area (Å²) in [6.07, 6.45) is 1.06. The Morgan fingerprint density at radius 2 is 2.03 bits per heavy atom. The summed E-state index contributed by atoms with van der Waals surface area (Å²) in [5.41, 5.74) is 1.95. The number of aromatic nitrogens is 2. The lowest BCUT2D eigenvalue weighted by Gasteiger charge is -2.40. The molecule has 0 bridgehead atoms. The zero-order valence-electron chi connectivity index (χ0n) is 21.0. The molecular formula is C27H28F2N4O3S. The van der Waals surface area contributed by atoms with Crippen molar-refractivity contribution in [3.63, 3.8) is 0 Å². The van der Waals surface area contributed by atoms with Gasteiger partial charge in [0.05, 0.1) is 18.2 Å². The van der Waals surface area contributed by atoms with E-state index in [1.807, 2.05) is 19.9 Å². The van der Waals surface area contributed by atoms with E-state index in [9.17, 15) is 14.0 Å². The van der Waals surface area contributed by atoms with Crippen molar-refractivity contribution in [3.05, 3.63) is 64.6 Å². The van der Waals surface area contributed by atoms with Gasteiger partial charge in [-0.05, 0) is 43.7 Å². The van der Waals surface area contributed by atoms with E-state index in [2.05, 4.69) is 16.5 Å². The van der Waals surface area contributed by atoms with Crippen LogP contribution in [-0.2, 0) is 16.1 Å². The van der Waals surface area contributed by atoms with E-state index < -0.39 is 17.3 Å². The molecule has 37 heavy (non-hydrogen) atoms. The Kier molecular flexibility index (Phi) is 6.80. The van der Waals surface area contributed by atoms with Gasteiger partial charge in [-0.1, -0.05) is 6.58 Å². The lowest BCUT2D eigenvalue weighted by molar-refractivity contribution is -0.126. The highest BCUT2D eigenvalue weighted by Crippen LogP contribution is 2.44. The fourth-order valence-electron chi connectivity index (χ4n) is 5.25. The molecule has 5 rings (SSSR count). The van der Waals surface area contributed by atoms with E-state index in [-0.39, 0.29) is 23.6 Å². The number of carbonyl (C=O) groups excluding carboxylic acids is 1. The van der Waals surface area contributed by atoms with Gasteiger partial charge in [-0.3, -0.25) is 9.36 Å². The van der Waals surface area contributed by atoms with Crippen molar-refractivity contribution >= 4 is 34.4 Å². The van der Waals surface area contributed by atoms with Gasteiger partial charge in [0.15, 0.2) is 0 Å². The first-order valence-corrected chi connectivity index (χ1v) is 13.1. The van der Waals surface area contributed by atoms with Gasteiger partial charge in [0.25, 0.3) is 0 Å². The van der Waals surface area contributed by atoms with Crippen molar-refractivity contribution in [3.8, 4) is 11.1 Å². The first-order chi connectivity index (χ1) is 17.7. The molecule has 1 amide bonds. The molecule has 0 unspecified atom stereocenters. The third kappa shape index (κ3) is 4.42. The molecule has 0 N–H and O–H groups in total. The molecular weight excluding hydrogens is 498 g/mol. The number of ether oxygens (including phenoxy) is 1. The molecule has 2 atom stereocenters. The van der Waals surface area contributed by atoms with Crippen LogP contribution in [0, 0.1) is 18.6 Å². The molecule has 3 aromatic rings. The van der Waals surface area contributed by atoms with Gasteiger partial charge in [-0.25, -0.2) is 13.6 Å². The summed E-state index contributed by atoms with van der Waals surface area (Å²) >= 11 is 1.50. The Morgan fingerprint density at radius 3 is 2.70 bits per heavy atom. The fourth-order valence-corrected chi connectivity index (χ4v) is 6.62. The van der Waals surface area contributed by atoms with Crippen molar-refractivity contribution < 1.29 is 18.3 Å². The minimum atomic E-state index is -0.661. The Morgan fingerprint density at radius 1 is 1.24 bits per heavy atom. The summed E-state index contributed by atoms with van der Waals surface area (Å²) in [7, 11) is 1.60. The lowest BCUT2D eigenvalue weighted by Crippen LogP contribution is -2.54. The van der Waals surface area contributed by atoms with Crippen LogP contribution in [0.25, 0.3) is 22.0 Å². The second kappa shape index (κ2) is 9.90. The molecule has 3 heterocycles. The number of rotatable bonds is 4. The topological polar surface area (TPSA) is 67.7 Å². The number of methoxy groups -OCH3 is 1. The average molecular weight is 527 g/mol. The van der Waals surface area contributed by atoms with Gasteiger partial charge in [0, 0.05) is 66.0 Å². The first kappa shape index (κ1) is 25.4. The smallest absolute Gasteiger partial charge is 0.350 e. The molecule has 0 aliphatic carbocycles. The number of piperazine rings is 1. The van der Waals surface area contributed by atoms with Gasteiger partial charge in [-0.2, -0.15) is 4.98 Å². The monoisotopic (exact) mass is 526 g/mol. The van der Waals surface area contributed by atoms with E-state index in [1.165, 1.54) is 30.0 Å². The fraction of sp³-hybridized carbons (Fsp3) is 0.370. The van der Waals surface area contributed by atoms with Gasteiger partial charge in [0.2, 0.25) is 5.91 Å². The number of anilines is 1. The number of carbonyl (C=O) groups is 1. The van der Waals surface area contributed by atoms with Crippen molar-refractivity contribution in [2.75, 3.05) is 37.4 Å². The highest BCUT2D eigenvalue weighted by Gasteiger charge is 2.32. The largest absolute Gasteiger partial charge is 0.379 e. The standard InChI is InChI=1S/C27H28F2N4O3S/c1-5-22(34)31-8-9-32(16(3)12-31)26-20-10-15(2)23(19-7-6-17(28)11-21(19)29)25-24(20)33(27(35)30-26)13-18(36-4)14-37-25/h5-7,10-11,16,18H,1,8-9,12-14H2,2-4H3/t16-,18+/m0/s1. The van der Waals surface area contributed by atoms with Crippen LogP contribution < -0.4 is 10.6 Å². The van der Waals surface area contributed by atoms with Crippen molar-refractivity contribution in [1.82, 2.24) is 14.5 Å². The van der Waals surface area contributed by atoms with Crippen LogP contribution in [0.5, 0.6) is 0 Å². The molecule has 7 nitrogen and oxygen atoms in total. The summed E-state index contributed by atoms with van der Waals surface area (Å²) in [5, 5.41) is 0.776. The number of amides is 1. The quantitative estimate of drug-likeness (QED) is 0.479. The molecule has 1 saturated heterocycles. The summed E-state index contributed by atoms with van der Waals surface area (Å²) < 4.78 is 36.0. The molecule has 0 spiro atoms. The number of aryl methyl sites for hydroxylation is 1. The number of hydrogen-bond acceptors (Lipinski definition) is 6. The predicted octanol–water partition coefficient (Wildman–Crippen LogP) is 3.99. The van der Waals surface area contributed by atoms with Crippen LogP contribution in [0.3, 0.4) is 0 Å². The second-order valence-corrected chi connectivity index (χ2v) is 10.5. The summed E-state index contributed by atoms with van der Waals surface area (Å²) in [4.78, 5) is 34.7. The van der Waals surface area contributed by atoms with Crippen LogP contribution in [0.4, 0.5) is 14.6 Å². The van der Waals surface area contributed by atoms with Crippen LogP contribution >= 0.6 is 11.8 Å². The third-order valence-corrected chi connectivity index (χ3v) is 8.34. The van der Waals surface area contributed by atoms with E-state index in [1.54, 1.807) is 16.6 Å². The molecule has 1 aromatic heterocycles.